The van der Waals surface area contributed by atoms with Crippen molar-refractivity contribution >= 4 is 17.6 Å². The highest BCUT2D eigenvalue weighted by molar-refractivity contribution is 6.32. The highest BCUT2D eigenvalue weighted by atomic mass is 35.5. The molecule has 3 rings (SSSR count). The minimum absolute atomic E-state index is 0.0823. The number of carboxylic acid groups (broad SMARTS) is 1. The lowest BCUT2D eigenvalue weighted by atomic mass is 10.2. The summed E-state index contributed by atoms with van der Waals surface area (Å²) in [7, 11) is 0. The van der Waals surface area contributed by atoms with E-state index in [1.807, 2.05) is 30.3 Å². The molecule has 0 bridgehead atoms. The van der Waals surface area contributed by atoms with Crippen molar-refractivity contribution in [2.24, 2.45) is 0 Å². The second-order valence-corrected chi connectivity index (χ2v) is 5.04. The fourth-order valence-corrected chi connectivity index (χ4v) is 2.15. The number of hydrogen-bond acceptors (Lipinski definition) is 5. The Morgan fingerprint density at radius 3 is 2.61 bits per heavy atom. The third-order valence-electron chi connectivity index (χ3n) is 3.02. The number of rotatable bonds is 5. The molecule has 1 aromatic heterocycles. The van der Waals surface area contributed by atoms with Crippen LogP contribution in [-0.2, 0) is 6.61 Å². The lowest BCUT2D eigenvalue weighted by Crippen LogP contribution is -1.95. The fraction of sp³-hybridized carbons (Fsp3) is 0.0625. The zero-order valence-electron chi connectivity index (χ0n) is 11.8. The summed E-state index contributed by atoms with van der Waals surface area (Å²) in [5.41, 5.74) is 1.54. The monoisotopic (exact) mass is 330 g/mol. The number of aromatic nitrogens is 2. The summed E-state index contributed by atoms with van der Waals surface area (Å²) >= 11 is 6.18. The SMILES string of the molecule is O=C(O)c1nnc(-c2ccc(OCc3ccccc3)c(Cl)c2)o1. The molecular weight excluding hydrogens is 320 g/mol. The minimum atomic E-state index is -1.28. The van der Waals surface area contributed by atoms with Gasteiger partial charge in [-0.2, -0.15) is 0 Å². The number of halogens is 1. The predicted molar refractivity (Wildman–Crippen MR) is 82.5 cm³/mol. The molecule has 0 aliphatic rings. The van der Waals surface area contributed by atoms with Gasteiger partial charge in [0.2, 0.25) is 5.89 Å². The van der Waals surface area contributed by atoms with Crippen LogP contribution in [0.4, 0.5) is 0 Å². The Hall–Kier alpha value is -2.86. The van der Waals surface area contributed by atoms with Crippen LogP contribution < -0.4 is 4.74 Å². The van der Waals surface area contributed by atoms with E-state index in [1.54, 1.807) is 18.2 Å². The van der Waals surface area contributed by atoms with Crippen LogP contribution in [0.15, 0.2) is 52.9 Å². The molecule has 3 aromatic rings. The van der Waals surface area contributed by atoms with Gasteiger partial charge in [0, 0.05) is 5.56 Å². The molecule has 7 heteroatoms. The molecule has 0 saturated heterocycles. The van der Waals surface area contributed by atoms with Gasteiger partial charge in [-0.05, 0) is 23.8 Å². The third-order valence-corrected chi connectivity index (χ3v) is 3.32. The molecule has 1 heterocycles. The molecule has 0 amide bonds. The molecule has 0 radical (unpaired) electrons. The first kappa shape index (κ1) is 15.1. The molecule has 23 heavy (non-hydrogen) atoms. The van der Waals surface area contributed by atoms with Crippen molar-refractivity contribution < 1.29 is 19.1 Å². The van der Waals surface area contributed by atoms with Gasteiger partial charge in [0.05, 0.1) is 5.02 Å². The quantitative estimate of drug-likeness (QED) is 0.768. The second kappa shape index (κ2) is 6.50. The van der Waals surface area contributed by atoms with Crippen molar-refractivity contribution in [2.45, 2.75) is 6.61 Å². The summed E-state index contributed by atoms with van der Waals surface area (Å²) < 4.78 is 10.7. The summed E-state index contributed by atoms with van der Waals surface area (Å²) in [6.45, 7) is 0.392. The number of hydrogen-bond donors (Lipinski definition) is 1. The van der Waals surface area contributed by atoms with Crippen LogP contribution in [0.5, 0.6) is 5.75 Å². The molecule has 116 valence electrons. The van der Waals surface area contributed by atoms with Crippen molar-refractivity contribution in [3.8, 4) is 17.2 Å². The van der Waals surface area contributed by atoms with Crippen LogP contribution in [0.25, 0.3) is 11.5 Å². The zero-order chi connectivity index (χ0) is 16.2. The maximum Gasteiger partial charge on any atom is 0.393 e. The topological polar surface area (TPSA) is 85.5 Å². The maximum atomic E-state index is 10.7. The van der Waals surface area contributed by atoms with Crippen LogP contribution in [0.1, 0.15) is 16.2 Å². The molecule has 0 aliphatic heterocycles. The summed E-state index contributed by atoms with van der Waals surface area (Å²) in [5, 5.41) is 16.3. The van der Waals surface area contributed by atoms with Gasteiger partial charge in [0.1, 0.15) is 12.4 Å². The predicted octanol–water partition coefficient (Wildman–Crippen LogP) is 3.67. The average Bonchev–Trinajstić information content (AvgIpc) is 3.05. The molecule has 0 aliphatic carbocycles. The van der Waals surface area contributed by atoms with Crippen molar-refractivity contribution in [3.63, 3.8) is 0 Å². The van der Waals surface area contributed by atoms with E-state index in [1.165, 1.54) is 0 Å². The Labute approximate surface area is 136 Å². The largest absolute Gasteiger partial charge is 0.487 e. The summed E-state index contributed by atoms with van der Waals surface area (Å²) in [6, 6.07) is 14.6. The number of ether oxygens (including phenoxy) is 1. The fourth-order valence-electron chi connectivity index (χ4n) is 1.91. The first-order valence-electron chi connectivity index (χ1n) is 6.67. The molecular formula is C16H11ClN2O4. The molecule has 0 spiro atoms. The van der Waals surface area contributed by atoms with Crippen molar-refractivity contribution in [1.82, 2.24) is 10.2 Å². The van der Waals surface area contributed by atoms with Gasteiger partial charge < -0.3 is 14.3 Å². The second-order valence-electron chi connectivity index (χ2n) is 4.64. The lowest BCUT2D eigenvalue weighted by molar-refractivity contribution is 0.0654. The number of carbonyl (C=O) groups is 1. The summed E-state index contributed by atoms with van der Waals surface area (Å²) in [6.07, 6.45) is 0. The van der Waals surface area contributed by atoms with Gasteiger partial charge in [-0.1, -0.05) is 41.9 Å². The van der Waals surface area contributed by atoms with E-state index in [2.05, 4.69) is 10.2 Å². The highest BCUT2D eigenvalue weighted by Gasteiger charge is 2.15. The van der Waals surface area contributed by atoms with Gasteiger partial charge in [-0.3, -0.25) is 0 Å². The maximum absolute atomic E-state index is 10.7. The van der Waals surface area contributed by atoms with Crippen LogP contribution in [-0.4, -0.2) is 21.3 Å². The van der Waals surface area contributed by atoms with E-state index in [4.69, 9.17) is 25.9 Å². The molecule has 0 saturated carbocycles. The zero-order valence-corrected chi connectivity index (χ0v) is 12.5. The number of aromatic carboxylic acids is 1. The van der Waals surface area contributed by atoms with Crippen molar-refractivity contribution in [2.75, 3.05) is 0 Å². The van der Waals surface area contributed by atoms with Crippen LogP contribution in [0.3, 0.4) is 0 Å². The van der Waals surface area contributed by atoms with Gasteiger partial charge >= 0.3 is 11.9 Å². The lowest BCUT2D eigenvalue weighted by Gasteiger charge is -2.08. The van der Waals surface area contributed by atoms with E-state index in [9.17, 15) is 4.79 Å². The number of carboxylic acids is 1. The molecule has 6 nitrogen and oxygen atoms in total. The Kier molecular flexibility index (Phi) is 4.25. The molecule has 0 fully saturated rings. The number of nitrogens with zero attached hydrogens (tertiary/aromatic N) is 2. The van der Waals surface area contributed by atoms with E-state index in [0.29, 0.717) is 22.9 Å². The van der Waals surface area contributed by atoms with Crippen LogP contribution >= 0.6 is 11.6 Å². The van der Waals surface area contributed by atoms with Crippen LogP contribution in [0, 0.1) is 0 Å². The van der Waals surface area contributed by atoms with Gasteiger partial charge in [0.15, 0.2) is 0 Å². The molecule has 0 unspecified atom stereocenters. The standard InChI is InChI=1S/C16H11ClN2O4/c17-12-8-11(14-18-19-15(23-14)16(20)21)6-7-13(12)22-9-10-4-2-1-3-5-10/h1-8H,9H2,(H,20,21). The normalized spacial score (nSPS) is 10.5. The minimum Gasteiger partial charge on any atom is -0.487 e. The van der Waals surface area contributed by atoms with E-state index in [-0.39, 0.29) is 5.89 Å². The number of benzene rings is 2. The molecule has 1 N–H and O–H groups in total. The Morgan fingerprint density at radius 1 is 1.17 bits per heavy atom. The third kappa shape index (κ3) is 3.49. The van der Waals surface area contributed by atoms with Crippen molar-refractivity contribution in [3.05, 3.63) is 65.0 Å². The smallest absolute Gasteiger partial charge is 0.393 e. The van der Waals surface area contributed by atoms with Gasteiger partial charge in [-0.15, -0.1) is 10.2 Å². The van der Waals surface area contributed by atoms with Crippen LogP contribution in [0.2, 0.25) is 5.02 Å². The highest BCUT2D eigenvalue weighted by Crippen LogP contribution is 2.30. The Morgan fingerprint density at radius 2 is 1.96 bits per heavy atom. The van der Waals surface area contributed by atoms with E-state index < -0.39 is 11.9 Å². The first-order chi connectivity index (χ1) is 11.1. The van der Waals surface area contributed by atoms with E-state index >= 15 is 0 Å². The Bertz CT molecular complexity index is 833. The van der Waals surface area contributed by atoms with Gasteiger partial charge in [-0.25, -0.2) is 4.79 Å². The average molecular weight is 331 g/mol. The first-order valence-corrected chi connectivity index (χ1v) is 7.05. The molecule has 2 aromatic carbocycles. The van der Waals surface area contributed by atoms with Gasteiger partial charge in [0.25, 0.3) is 0 Å². The summed E-state index contributed by atoms with van der Waals surface area (Å²) in [5.74, 6) is -1.16. The molecule has 0 atom stereocenters. The van der Waals surface area contributed by atoms with E-state index in [0.717, 1.165) is 5.56 Å². The summed E-state index contributed by atoms with van der Waals surface area (Å²) in [4.78, 5) is 10.7. The van der Waals surface area contributed by atoms with Crippen molar-refractivity contribution in [1.29, 1.82) is 0 Å². The Balaban J connectivity index is 1.76.